The average Bonchev–Trinajstić information content (AvgIpc) is 3.08. The number of benzene rings is 2. The maximum absolute atomic E-state index is 12.0. The SMILES string of the molecule is Cl.O=C(NCc1cccc(Oc2ccccc2)c1)C1CCNC1. The molecule has 1 heterocycles. The molecule has 0 aliphatic carbocycles. The monoisotopic (exact) mass is 332 g/mol. The van der Waals surface area contributed by atoms with Crippen LogP contribution in [-0.4, -0.2) is 19.0 Å². The third-order valence-electron chi connectivity index (χ3n) is 3.78. The van der Waals surface area contributed by atoms with Gasteiger partial charge >= 0.3 is 0 Å². The van der Waals surface area contributed by atoms with E-state index in [-0.39, 0.29) is 24.2 Å². The molecule has 1 amide bonds. The van der Waals surface area contributed by atoms with Crippen LogP contribution in [0.4, 0.5) is 0 Å². The molecule has 0 aromatic heterocycles. The van der Waals surface area contributed by atoms with Gasteiger partial charge in [0.25, 0.3) is 0 Å². The Morgan fingerprint density at radius 1 is 1.13 bits per heavy atom. The molecule has 0 spiro atoms. The Morgan fingerprint density at radius 2 is 1.91 bits per heavy atom. The van der Waals surface area contributed by atoms with E-state index in [0.29, 0.717) is 6.54 Å². The lowest BCUT2D eigenvalue weighted by Gasteiger charge is -2.11. The van der Waals surface area contributed by atoms with Crippen LogP contribution in [-0.2, 0) is 11.3 Å². The average molecular weight is 333 g/mol. The van der Waals surface area contributed by atoms with Crippen LogP contribution in [0.1, 0.15) is 12.0 Å². The smallest absolute Gasteiger partial charge is 0.224 e. The highest BCUT2D eigenvalue weighted by molar-refractivity contribution is 5.85. The van der Waals surface area contributed by atoms with Crippen molar-refractivity contribution in [2.75, 3.05) is 13.1 Å². The molecule has 5 heteroatoms. The zero-order valence-electron chi connectivity index (χ0n) is 12.8. The summed E-state index contributed by atoms with van der Waals surface area (Å²) in [5.41, 5.74) is 1.03. The summed E-state index contributed by atoms with van der Waals surface area (Å²) in [6.45, 7) is 2.24. The molecule has 1 atom stereocenters. The van der Waals surface area contributed by atoms with Gasteiger partial charge in [0.15, 0.2) is 0 Å². The Kier molecular flexibility index (Phi) is 6.44. The summed E-state index contributed by atoms with van der Waals surface area (Å²) in [6.07, 6.45) is 0.920. The number of halogens is 1. The molecule has 122 valence electrons. The molecule has 0 saturated carbocycles. The molecule has 3 rings (SSSR count). The van der Waals surface area contributed by atoms with Crippen LogP contribution < -0.4 is 15.4 Å². The molecule has 4 nitrogen and oxygen atoms in total. The normalized spacial score (nSPS) is 16.4. The van der Waals surface area contributed by atoms with Gasteiger partial charge in [0.1, 0.15) is 11.5 Å². The van der Waals surface area contributed by atoms with Crippen LogP contribution in [0.25, 0.3) is 0 Å². The van der Waals surface area contributed by atoms with Gasteiger partial charge in [-0.15, -0.1) is 12.4 Å². The topological polar surface area (TPSA) is 50.4 Å². The predicted molar refractivity (Wildman–Crippen MR) is 93.0 cm³/mol. The third-order valence-corrected chi connectivity index (χ3v) is 3.78. The number of hydrogen-bond donors (Lipinski definition) is 2. The minimum absolute atomic E-state index is 0. The molecule has 1 aliphatic heterocycles. The van der Waals surface area contributed by atoms with Crippen LogP contribution in [0.3, 0.4) is 0 Å². The lowest BCUT2D eigenvalue weighted by Crippen LogP contribution is -2.31. The van der Waals surface area contributed by atoms with E-state index in [1.165, 1.54) is 0 Å². The third kappa shape index (κ3) is 4.98. The molecule has 0 bridgehead atoms. The first-order chi connectivity index (χ1) is 10.8. The minimum Gasteiger partial charge on any atom is -0.457 e. The Hall–Kier alpha value is -2.04. The van der Waals surface area contributed by atoms with Gasteiger partial charge < -0.3 is 15.4 Å². The van der Waals surface area contributed by atoms with Gasteiger partial charge in [-0.2, -0.15) is 0 Å². The van der Waals surface area contributed by atoms with E-state index in [1.54, 1.807) is 0 Å². The van der Waals surface area contributed by atoms with Gasteiger partial charge in [-0.1, -0.05) is 30.3 Å². The van der Waals surface area contributed by atoms with E-state index in [1.807, 2.05) is 54.6 Å². The van der Waals surface area contributed by atoms with Crippen LogP contribution in [0, 0.1) is 5.92 Å². The fourth-order valence-electron chi connectivity index (χ4n) is 2.56. The zero-order valence-corrected chi connectivity index (χ0v) is 13.6. The van der Waals surface area contributed by atoms with Crippen molar-refractivity contribution in [2.24, 2.45) is 5.92 Å². The molecule has 1 aliphatic rings. The van der Waals surface area contributed by atoms with E-state index < -0.39 is 0 Å². The van der Waals surface area contributed by atoms with E-state index >= 15 is 0 Å². The highest BCUT2D eigenvalue weighted by Crippen LogP contribution is 2.21. The van der Waals surface area contributed by atoms with Gasteiger partial charge in [0.05, 0.1) is 5.92 Å². The van der Waals surface area contributed by atoms with Crippen LogP contribution in [0.2, 0.25) is 0 Å². The predicted octanol–water partition coefficient (Wildman–Crippen LogP) is 3.13. The Bertz CT molecular complexity index is 628. The fraction of sp³-hybridized carbons (Fsp3) is 0.278. The molecule has 23 heavy (non-hydrogen) atoms. The van der Waals surface area contributed by atoms with Crippen molar-refractivity contribution < 1.29 is 9.53 Å². The second kappa shape index (κ2) is 8.56. The highest BCUT2D eigenvalue weighted by Gasteiger charge is 2.21. The van der Waals surface area contributed by atoms with E-state index in [0.717, 1.165) is 36.6 Å². The second-order valence-corrected chi connectivity index (χ2v) is 5.47. The maximum Gasteiger partial charge on any atom is 0.224 e. The number of para-hydroxylation sites is 1. The first-order valence-corrected chi connectivity index (χ1v) is 7.61. The first kappa shape index (κ1) is 17.3. The molecule has 2 aromatic rings. The van der Waals surface area contributed by atoms with Crippen molar-refractivity contribution in [1.29, 1.82) is 0 Å². The van der Waals surface area contributed by atoms with Crippen molar-refractivity contribution in [3.63, 3.8) is 0 Å². The Morgan fingerprint density at radius 3 is 2.65 bits per heavy atom. The number of hydrogen-bond acceptors (Lipinski definition) is 3. The van der Waals surface area contributed by atoms with Crippen molar-refractivity contribution >= 4 is 18.3 Å². The van der Waals surface area contributed by atoms with E-state index in [2.05, 4.69) is 10.6 Å². The minimum atomic E-state index is 0. The first-order valence-electron chi connectivity index (χ1n) is 7.61. The molecule has 2 N–H and O–H groups in total. The largest absolute Gasteiger partial charge is 0.457 e. The van der Waals surface area contributed by atoms with Crippen molar-refractivity contribution in [1.82, 2.24) is 10.6 Å². The summed E-state index contributed by atoms with van der Waals surface area (Å²) < 4.78 is 5.80. The summed E-state index contributed by atoms with van der Waals surface area (Å²) in [4.78, 5) is 12.0. The lowest BCUT2D eigenvalue weighted by molar-refractivity contribution is -0.124. The molecule has 1 saturated heterocycles. The molecule has 1 fully saturated rings. The summed E-state index contributed by atoms with van der Waals surface area (Å²) in [6, 6.07) is 17.5. The summed E-state index contributed by atoms with van der Waals surface area (Å²) in [5, 5.41) is 6.20. The van der Waals surface area contributed by atoms with Gasteiger partial charge in [-0.05, 0) is 42.8 Å². The summed E-state index contributed by atoms with van der Waals surface area (Å²) in [5.74, 6) is 1.81. The Balaban J connectivity index is 0.00000192. The fourth-order valence-corrected chi connectivity index (χ4v) is 2.56. The molecular weight excluding hydrogens is 312 g/mol. The van der Waals surface area contributed by atoms with Crippen LogP contribution in [0.5, 0.6) is 11.5 Å². The number of carbonyl (C=O) groups is 1. The van der Waals surface area contributed by atoms with E-state index in [4.69, 9.17) is 4.74 Å². The lowest BCUT2D eigenvalue weighted by atomic mass is 10.1. The molecule has 0 radical (unpaired) electrons. The Labute approximate surface area is 142 Å². The zero-order chi connectivity index (χ0) is 15.2. The maximum atomic E-state index is 12.0. The summed E-state index contributed by atoms with van der Waals surface area (Å²) >= 11 is 0. The highest BCUT2D eigenvalue weighted by atomic mass is 35.5. The number of rotatable bonds is 5. The van der Waals surface area contributed by atoms with Gasteiger partial charge in [0.2, 0.25) is 5.91 Å². The molecule has 1 unspecified atom stereocenters. The van der Waals surface area contributed by atoms with Crippen LogP contribution >= 0.6 is 12.4 Å². The van der Waals surface area contributed by atoms with Crippen molar-refractivity contribution in [3.05, 3.63) is 60.2 Å². The molecular formula is C18H21ClN2O2. The summed E-state index contributed by atoms with van der Waals surface area (Å²) in [7, 11) is 0. The van der Waals surface area contributed by atoms with Gasteiger partial charge in [0, 0.05) is 13.1 Å². The van der Waals surface area contributed by atoms with Gasteiger partial charge in [-0.3, -0.25) is 4.79 Å². The molecule has 2 aromatic carbocycles. The van der Waals surface area contributed by atoms with Crippen molar-refractivity contribution in [2.45, 2.75) is 13.0 Å². The van der Waals surface area contributed by atoms with Gasteiger partial charge in [-0.25, -0.2) is 0 Å². The quantitative estimate of drug-likeness (QED) is 0.884. The standard InChI is InChI=1S/C18H20N2O2.ClH/c21-18(15-9-10-19-13-15)20-12-14-5-4-8-17(11-14)22-16-6-2-1-3-7-16;/h1-8,11,15,19H,9-10,12-13H2,(H,20,21);1H. The van der Waals surface area contributed by atoms with Crippen LogP contribution in [0.15, 0.2) is 54.6 Å². The van der Waals surface area contributed by atoms with E-state index in [9.17, 15) is 4.79 Å². The second-order valence-electron chi connectivity index (χ2n) is 5.47. The number of carbonyl (C=O) groups excluding carboxylic acids is 1. The van der Waals surface area contributed by atoms with Crippen molar-refractivity contribution in [3.8, 4) is 11.5 Å². The number of ether oxygens (including phenoxy) is 1. The number of nitrogens with one attached hydrogen (secondary N) is 2. The number of amides is 1.